The first-order valence-electron chi connectivity index (χ1n) is 49.0. The van der Waals surface area contributed by atoms with E-state index in [0.29, 0.717) is 92.3 Å². The topological polar surface area (TPSA) is 396 Å². The van der Waals surface area contributed by atoms with Crippen molar-refractivity contribution in [2.75, 3.05) is 138 Å². The zero-order valence-electron chi connectivity index (χ0n) is 84.2. The van der Waals surface area contributed by atoms with E-state index in [2.05, 4.69) is 218 Å². The Hall–Kier alpha value is -3.99. The number of nitrogens with two attached hydrogens (primary N) is 6. The molecule has 0 spiro atoms. The minimum absolute atomic E-state index is 0.0556. The van der Waals surface area contributed by atoms with E-state index >= 15 is 0 Å². The third kappa shape index (κ3) is 49.9. The van der Waals surface area contributed by atoms with Gasteiger partial charge in [0.2, 0.25) is 39.6 Å². The van der Waals surface area contributed by atoms with Crippen molar-refractivity contribution >= 4 is 45.7 Å². The molecule has 10 aliphatic heterocycles. The van der Waals surface area contributed by atoms with E-state index in [0.717, 1.165) is 226 Å². The molecule has 0 aromatic carbocycles. The zero-order valence-corrected chi connectivity index (χ0v) is 85.0. The Kier molecular flexibility index (Phi) is 59.4. The Morgan fingerprint density at radius 3 is 1.22 bits per heavy atom. The molecule has 738 valence electrons. The van der Waals surface area contributed by atoms with Gasteiger partial charge in [0, 0.05) is 136 Å². The summed E-state index contributed by atoms with van der Waals surface area (Å²) in [5.74, 6) is -0.192. The van der Waals surface area contributed by atoms with Crippen LogP contribution in [0.2, 0.25) is 0 Å². The number of β-amino-alcohol motifs (C(OH)–C–C–N with tert-alkyl or cyclic N) is 1. The molecule has 0 aliphatic carbocycles. The number of rotatable bonds is 22. The maximum Gasteiger partial charge on any atom is 0.406 e. The molecule has 0 aromatic heterocycles. The summed E-state index contributed by atoms with van der Waals surface area (Å²) in [5, 5.41) is 26.2. The molecule has 125 heavy (non-hydrogen) atoms. The molecule has 6 amide bonds. The highest BCUT2D eigenvalue weighted by Crippen LogP contribution is 2.33. The number of likely N-dealkylation sites (tertiary alicyclic amines) is 10. The minimum atomic E-state index is -3.33. The van der Waals surface area contributed by atoms with Crippen LogP contribution in [0.3, 0.4) is 0 Å². The number of nitrogens with one attached hydrogen (secondary N) is 1. The van der Waals surface area contributed by atoms with Gasteiger partial charge in [-0.05, 0) is 370 Å². The molecule has 0 radical (unpaired) electrons. The number of carbonyl (C=O) groups is 6. The average molecular weight is 1800 g/mol. The Bertz CT molecular complexity index is 3010. The molecule has 4 unspecified atom stereocenters. The fourth-order valence-electron chi connectivity index (χ4n) is 18.2. The lowest BCUT2D eigenvalue weighted by Gasteiger charge is -2.41. The molecular weight excluding hydrogens is 1600 g/mol. The molecule has 15 N–H and O–H groups in total. The third-order valence-electron chi connectivity index (χ3n) is 27.7. The fraction of sp³-hybridized carbons (Fsp3) is 0.937. The Morgan fingerprint density at radius 1 is 0.432 bits per heavy atom. The normalized spacial score (nSPS) is 24.7. The van der Waals surface area contributed by atoms with Crippen LogP contribution in [0, 0.1) is 28.6 Å². The predicted octanol–water partition coefficient (Wildman–Crippen LogP) is 10.3. The maximum atomic E-state index is 11.2. The van der Waals surface area contributed by atoms with Crippen LogP contribution in [-0.4, -0.2) is 337 Å². The monoisotopic (exact) mass is 1800 g/mol. The third-order valence-corrected chi connectivity index (χ3v) is 29.0. The van der Waals surface area contributed by atoms with Gasteiger partial charge in [-0.15, -0.1) is 0 Å². The summed E-state index contributed by atoms with van der Waals surface area (Å²) < 4.78 is 32.2. The quantitative estimate of drug-likeness (QED) is 0.0486. The molecule has 29 nitrogen and oxygen atoms in total. The van der Waals surface area contributed by atoms with E-state index in [4.69, 9.17) is 38.5 Å². The molecule has 0 saturated carbocycles. The number of methoxy groups -OCH3 is 1. The summed E-state index contributed by atoms with van der Waals surface area (Å²) in [5.41, 5.74) is 26.0. The lowest BCUT2D eigenvalue weighted by atomic mass is 9.79. The second-order valence-electron chi connectivity index (χ2n) is 40.9. The van der Waals surface area contributed by atoms with Crippen molar-refractivity contribution in [2.24, 2.45) is 62.4 Å². The van der Waals surface area contributed by atoms with E-state index in [-0.39, 0.29) is 88.5 Å². The molecule has 0 bridgehead atoms. The Labute approximate surface area is 763 Å². The maximum absolute atomic E-state index is 11.2. The van der Waals surface area contributed by atoms with Gasteiger partial charge in [0.1, 0.15) is 6.61 Å². The fourth-order valence-corrected chi connectivity index (χ4v) is 19.1. The lowest BCUT2D eigenvalue weighted by Crippen LogP contribution is -2.47. The minimum Gasteiger partial charge on any atom is -0.453 e. The number of primary amides is 5. The van der Waals surface area contributed by atoms with Crippen molar-refractivity contribution in [3.05, 3.63) is 0 Å². The first-order chi connectivity index (χ1) is 58.3. The van der Waals surface area contributed by atoms with Crippen LogP contribution in [0.25, 0.3) is 0 Å². The Morgan fingerprint density at radius 2 is 0.848 bits per heavy atom. The zero-order chi connectivity index (χ0) is 95.2. The molecule has 30 heteroatoms. The van der Waals surface area contributed by atoms with Gasteiger partial charge in [-0.25, -0.2) is 18.4 Å². The van der Waals surface area contributed by atoms with Gasteiger partial charge in [0.15, 0.2) is 0 Å². The van der Waals surface area contributed by atoms with Gasteiger partial charge in [0.25, 0.3) is 0 Å². The first kappa shape index (κ1) is 119. The number of primary sulfonamides is 1. The summed E-state index contributed by atoms with van der Waals surface area (Å²) >= 11 is 0. The Balaban J connectivity index is 0.000000696. The molecule has 10 saturated heterocycles. The van der Waals surface area contributed by atoms with Gasteiger partial charge < -0.3 is 83.1 Å². The van der Waals surface area contributed by atoms with Crippen LogP contribution in [0.5, 0.6) is 0 Å². The van der Waals surface area contributed by atoms with Gasteiger partial charge in [-0.1, -0.05) is 27.2 Å². The van der Waals surface area contributed by atoms with Crippen molar-refractivity contribution in [1.82, 2.24) is 54.3 Å². The SMILES string of the molecule is CC(C)N1CCC(C(N)=O)CC1.CC(C)N1CCC(C)(C(N)=O)CC1.CC(C)N1CCC(CC(N)=O)CC1.CC(C)N1CCC(OCC(N)=O)CC1.CC(C)N1CCCC(C(N)=O)C1.CC(C)N1CCCC(O)C1.CC(C)N1CCCC(S(N)(=O)=O)C1.CC(C)N1CC[C@@H](O)C[C@H]1C.CCC1CCCCN1C(C)C.COC(=O)NCC1(C)CCN(C(C)C)CC1. The van der Waals surface area contributed by atoms with Gasteiger partial charge in [0.05, 0.1) is 36.6 Å². The largest absolute Gasteiger partial charge is 0.453 e. The van der Waals surface area contributed by atoms with Crippen molar-refractivity contribution in [3.63, 3.8) is 0 Å². The number of hydrogen-bond donors (Lipinski definition) is 9. The van der Waals surface area contributed by atoms with E-state index in [1.54, 1.807) is 0 Å². The van der Waals surface area contributed by atoms with Crippen molar-refractivity contribution in [1.29, 1.82) is 0 Å². The van der Waals surface area contributed by atoms with Crippen molar-refractivity contribution in [3.8, 4) is 0 Å². The van der Waals surface area contributed by atoms with Gasteiger partial charge in [-0.3, -0.25) is 43.6 Å². The van der Waals surface area contributed by atoms with Crippen LogP contribution in [0.15, 0.2) is 0 Å². The highest BCUT2D eigenvalue weighted by molar-refractivity contribution is 7.89. The molecular formula is C95H195N17O12S. The number of alkyl carbamates (subject to hydrolysis) is 1. The van der Waals surface area contributed by atoms with Crippen molar-refractivity contribution < 1.29 is 56.9 Å². The predicted molar refractivity (Wildman–Crippen MR) is 514 cm³/mol. The van der Waals surface area contributed by atoms with E-state index in [9.17, 15) is 47.4 Å². The van der Waals surface area contributed by atoms with Gasteiger partial charge in [-0.2, -0.15) is 0 Å². The van der Waals surface area contributed by atoms with E-state index in [1.165, 1.54) is 39.3 Å². The summed E-state index contributed by atoms with van der Waals surface area (Å²) in [6.07, 6.45) is 23.9. The highest BCUT2D eigenvalue weighted by atomic mass is 32.2. The summed E-state index contributed by atoms with van der Waals surface area (Å²) in [6, 6.07) is 7.38. The molecule has 10 fully saturated rings. The summed E-state index contributed by atoms with van der Waals surface area (Å²) in [7, 11) is -1.93. The first-order valence-corrected chi connectivity index (χ1v) is 50.6. The molecule has 10 aliphatic rings. The molecule has 0 aromatic rings. The second kappa shape index (κ2) is 62.4. The summed E-state index contributed by atoms with van der Waals surface area (Å²) in [6.45, 7) is 72.0. The molecule has 6 atom stereocenters. The number of sulfonamides is 1. The van der Waals surface area contributed by atoms with Crippen LogP contribution in [0.1, 0.15) is 314 Å². The summed E-state index contributed by atoms with van der Waals surface area (Å²) in [4.78, 5) is 89.2. The molecule has 10 heterocycles. The smallest absolute Gasteiger partial charge is 0.406 e. The van der Waals surface area contributed by atoms with Crippen LogP contribution in [0.4, 0.5) is 4.79 Å². The van der Waals surface area contributed by atoms with Crippen LogP contribution < -0.4 is 39.1 Å². The molecule has 10 rings (SSSR count). The number of nitrogens with zero attached hydrogens (tertiary/aromatic N) is 10. The number of carbonyl (C=O) groups excluding carboxylic acids is 6. The number of ether oxygens (including phenoxy) is 2. The number of aliphatic hydroxyl groups is 2. The standard InChI is InChI=1S/C12H24N2O2.C10H20N2O2.2C10H20N2O.C10H21N.2C9H18N2O.C9H19NO.C8H18N2O2S.C8H17NO/c1-10(2)14-7-5-12(3,6-8-14)9-13-11(15)16-4;1-8(2)12-5-3-9(4-6-12)14-7-10(11)13;1-8(2)12-6-4-10(3,5-7-12)9(11)13;1-8(2)12-5-3-9(4-6-12)7-10(11)13;1-4-10-7-5-6-8-11(10)9(2)3;1-7(2)11-5-3-8(4-6-11)9(10)12;1-7(2)11-5-3-4-8(6-11)9(10)12;1-7(2)10-5-4-9(11)6-8(10)3;1-7(2)10-5-3-4-8(6-10)13(9,11)12;1-7(2)9-5-3-4-8(10)6-9/h10H,5-9H2,1-4H3,(H,13,15);8-9H,3-7H2,1-2H3,(H2,11,13);8H,4-7H2,1-3H3,(H2,11,13);8-9H,3-7H2,1-2H3,(H2,11,13);9-10H,4-8H2,1-3H3;2*7-8H,3-6H2,1-2H3,(H2,10,12);7-9,11H,4-6H2,1-3H3;7-8H,3-6H2,1-2H3,(H2,9,11,12);7-8,10H,3-6H2,1-2H3/t;;;;;;;8-,9-;;/m.......1../s1. The highest BCUT2D eigenvalue weighted by Gasteiger charge is 2.37. The lowest BCUT2D eigenvalue weighted by molar-refractivity contribution is -0.129. The number of aliphatic hydroxyl groups excluding tert-OH is 2. The van der Waals surface area contributed by atoms with E-state index < -0.39 is 10.0 Å². The van der Waals surface area contributed by atoms with Crippen molar-refractivity contribution in [2.45, 2.75) is 410 Å². The second-order valence-corrected chi connectivity index (χ2v) is 42.7. The van der Waals surface area contributed by atoms with Crippen LogP contribution in [-0.2, 0) is 43.5 Å². The van der Waals surface area contributed by atoms with Gasteiger partial charge >= 0.3 is 6.09 Å². The number of hydrogen-bond acceptors (Lipinski definition) is 22. The number of piperidine rings is 10. The number of amides is 6. The van der Waals surface area contributed by atoms with E-state index in [1.807, 2.05) is 6.92 Å². The average Bonchev–Trinajstić information content (AvgIpc) is 0.799. The van der Waals surface area contributed by atoms with Crippen LogP contribution >= 0.6 is 0 Å².